The summed E-state index contributed by atoms with van der Waals surface area (Å²) in [5.74, 6) is 0. The van der Waals surface area contributed by atoms with E-state index < -0.39 is 0 Å². The van der Waals surface area contributed by atoms with Crippen LogP contribution >= 0.6 is 15.9 Å². The lowest BCUT2D eigenvalue weighted by Gasteiger charge is -2.09. The molecule has 3 heteroatoms. The molecule has 2 nitrogen and oxygen atoms in total. The Balaban J connectivity index is 1.89. The van der Waals surface area contributed by atoms with Crippen LogP contribution in [0.5, 0.6) is 0 Å². The Morgan fingerprint density at radius 1 is 0.783 bits per heavy atom. The molecule has 3 aromatic carbocycles. The van der Waals surface area contributed by atoms with Crippen LogP contribution in [0.15, 0.2) is 94.5 Å². The summed E-state index contributed by atoms with van der Waals surface area (Å²) in [6, 6.07) is 28.6. The van der Waals surface area contributed by atoms with E-state index in [-0.39, 0.29) is 0 Å². The van der Waals surface area contributed by atoms with Gasteiger partial charge in [0, 0.05) is 10.9 Å². The molecular weight excluding hydrogens is 348 g/mol. The molecule has 0 amide bonds. The molecule has 0 unspecified atom stereocenters. The van der Waals surface area contributed by atoms with Crippen LogP contribution in [0, 0.1) is 0 Å². The average Bonchev–Trinajstić information content (AvgIpc) is 2.61. The molecule has 0 saturated carbocycles. The number of rotatable bonds is 5. The molecule has 3 rings (SSSR count). The Kier molecular flexibility index (Phi) is 5.22. The molecule has 0 aliphatic rings. The van der Waals surface area contributed by atoms with Crippen molar-refractivity contribution in [3.05, 3.63) is 101 Å². The summed E-state index contributed by atoms with van der Waals surface area (Å²) in [5.41, 5.74) is 7.49. The third-order valence-electron chi connectivity index (χ3n) is 3.51. The van der Waals surface area contributed by atoms with Crippen molar-refractivity contribution in [1.29, 1.82) is 0 Å². The fourth-order valence-corrected chi connectivity index (χ4v) is 2.68. The van der Waals surface area contributed by atoms with Crippen LogP contribution in [0.1, 0.15) is 11.1 Å². The fourth-order valence-electron chi connectivity index (χ4n) is 2.31. The SMILES string of the molecule is Brc1ccccc1N/N=C(\Cc1ccccc1)c1ccccc1. The second-order valence-electron chi connectivity index (χ2n) is 5.18. The zero-order valence-electron chi connectivity index (χ0n) is 12.6. The van der Waals surface area contributed by atoms with Gasteiger partial charge in [-0.3, -0.25) is 5.43 Å². The highest BCUT2D eigenvalue weighted by atomic mass is 79.9. The highest BCUT2D eigenvalue weighted by molar-refractivity contribution is 9.10. The lowest BCUT2D eigenvalue weighted by molar-refractivity contribution is 1.24. The number of halogens is 1. The van der Waals surface area contributed by atoms with Crippen molar-refractivity contribution in [2.45, 2.75) is 6.42 Å². The predicted octanol–water partition coefficient (Wildman–Crippen LogP) is 5.51. The molecule has 0 bridgehead atoms. The van der Waals surface area contributed by atoms with E-state index in [9.17, 15) is 0 Å². The summed E-state index contributed by atoms with van der Waals surface area (Å²) in [5, 5.41) is 4.66. The van der Waals surface area contributed by atoms with Crippen LogP contribution in [0.25, 0.3) is 0 Å². The maximum absolute atomic E-state index is 4.66. The van der Waals surface area contributed by atoms with Crippen molar-refractivity contribution in [3.8, 4) is 0 Å². The number of para-hydroxylation sites is 1. The summed E-state index contributed by atoms with van der Waals surface area (Å²) in [6.45, 7) is 0. The Bertz CT molecular complexity index is 783. The van der Waals surface area contributed by atoms with E-state index in [1.807, 2.05) is 48.5 Å². The first-order chi connectivity index (χ1) is 11.3. The van der Waals surface area contributed by atoms with Crippen LogP contribution in [0.2, 0.25) is 0 Å². The quantitative estimate of drug-likeness (QED) is 0.468. The molecule has 0 heterocycles. The molecule has 0 aliphatic heterocycles. The summed E-state index contributed by atoms with van der Waals surface area (Å²) < 4.78 is 0.996. The number of hydrazone groups is 1. The molecule has 0 radical (unpaired) electrons. The number of benzene rings is 3. The summed E-state index contributed by atoms with van der Waals surface area (Å²) >= 11 is 3.54. The molecule has 0 atom stereocenters. The Morgan fingerprint density at radius 3 is 2.09 bits per heavy atom. The van der Waals surface area contributed by atoms with Gasteiger partial charge in [-0.15, -0.1) is 0 Å². The van der Waals surface area contributed by atoms with E-state index in [4.69, 9.17) is 0 Å². The van der Waals surface area contributed by atoms with Gasteiger partial charge in [-0.1, -0.05) is 72.8 Å². The topological polar surface area (TPSA) is 24.4 Å². The zero-order chi connectivity index (χ0) is 15.9. The Labute approximate surface area is 145 Å². The number of nitrogens with one attached hydrogen (secondary N) is 1. The van der Waals surface area contributed by atoms with Gasteiger partial charge in [0.15, 0.2) is 0 Å². The number of anilines is 1. The third kappa shape index (κ3) is 4.30. The highest BCUT2D eigenvalue weighted by Gasteiger charge is 2.05. The molecule has 114 valence electrons. The lowest BCUT2D eigenvalue weighted by Crippen LogP contribution is -2.08. The normalized spacial score (nSPS) is 11.3. The van der Waals surface area contributed by atoms with Crippen LogP contribution in [-0.2, 0) is 6.42 Å². The monoisotopic (exact) mass is 364 g/mol. The van der Waals surface area contributed by atoms with E-state index in [1.165, 1.54) is 5.56 Å². The van der Waals surface area contributed by atoms with E-state index >= 15 is 0 Å². The van der Waals surface area contributed by atoms with Crippen LogP contribution in [0.4, 0.5) is 5.69 Å². The van der Waals surface area contributed by atoms with Crippen molar-refractivity contribution < 1.29 is 0 Å². The van der Waals surface area contributed by atoms with Crippen molar-refractivity contribution in [3.63, 3.8) is 0 Å². The minimum atomic E-state index is 0.780. The average molecular weight is 365 g/mol. The molecule has 0 fully saturated rings. The third-order valence-corrected chi connectivity index (χ3v) is 4.20. The van der Waals surface area contributed by atoms with Gasteiger partial charge in [0.05, 0.1) is 11.4 Å². The first kappa shape index (κ1) is 15.5. The van der Waals surface area contributed by atoms with Gasteiger partial charge in [0.25, 0.3) is 0 Å². The lowest BCUT2D eigenvalue weighted by atomic mass is 10.0. The van der Waals surface area contributed by atoms with Crippen LogP contribution in [0.3, 0.4) is 0 Å². The summed E-state index contributed by atoms with van der Waals surface area (Å²) in [7, 11) is 0. The van der Waals surface area contributed by atoms with Gasteiger partial charge >= 0.3 is 0 Å². The van der Waals surface area contributed by atoms with E-state index in [2.05, 4.69) is 62.9 Å². The van der Waals surface area contributed by atoms with Crippen molar-refractivity contribution in [2.24, 2.45) is 5.10 Å². The van der Waals surface area contributed by atoms with Crippen molar-refractivity contribution >= 4 is 27.3 Å². The van der Waals surface area contributed by atoms with Gasteiger partial charge < -0.3 is 0 Å². The first-order valence-corrected chi connectivity index (χ1v) is 8.29. The van der Waals surface area contributed by atoms with Crippen LogP contribution in [-0.4, -0.2) is 5.71 Å². The molecular formula is C20H17BrN2. The first-order valence-electron chi connectivity index (χ1n) is 7.49. The minimum Gasteiger partial charge on any atom is -0.277 e. The Morgan fingerprint density at radius 2 is 1.39 bits per heavy atom. The molecule has 0 saturated heterocycles. The molecule has 23 heavy (non-hydrogen) atoms. The highest BCUT2D eigenvalue weighted by Crippen LogP contribution is 2.21. The smallest absolute Gasteiger partial charge is 0.0723 e. The van der Waals surface area contributed by atoms with Crippen molar-refractivity contribution in [1.82, 2.24) is 0 Å². The van der Waals surface area contributed by atoms with Crippen molar-refractivity contribution in [2.75, 3.05) is 5.43 Å². The van der Waals surface area contributed by atoms with E-state index in [1.54, 1.807) is 0 Å². The van der Waals surface area contributed by atoms with Gasteiger partial charge in [-0.25, -0.2) is 0 Å². The van der Waals surface area contributed by atoms with E-state index in [0.717, 1.165) is 27.9 Å². The summed E-state index contributed by atoms with van der Waals surface area (Å²) in [4.78, 5) is 0. The minimum absolute atomic E-state index is 0.780. The van der Waals surface area contributed by atoms with Crippen LogP contribution < -0.4 is 5.43 Å². The molecule has 0 aliphatic carbocycles. The number of hydrogen-bond donors (Lipinski definition) is 1. The van der Waals surface area contributed by atoms with E-state index in [0.29, 0.717) is 0 Å². The predicted molar refractivity (Wildman–Crippen MR) is 101 cm³/mol. The van der Waals surface area contributed by atoms with Gasteiger partial charge in [-0.05, 0) is 39.2 Å². The standard InChI is InChI=1S/C20H17BrN2/c21-18-13-7-8-14-19(18)22-23-20(17-11-5-2-6-12-17)15-16-9-3-1-4-10-16/h1-14,22H,15H2/b23-20+. The van der Waals surface area contributed by atoms with Gasteiger partial charge in [0.1, 0.15) is 0 Å². The maximum atomic E-state index is 4.66. The second-order valence-corrected chi connectivity index (χ2v) is 6.03. The zero-order valence-corrected chi connectivity index (χ0v) is 14.2. The molecule has 0 spiro atoms. The molecule has 3 aromatic rings. The second kappa shape index (κ2) is 7.75. The van der Waals surface area contributed by atoms with Gasteiger partial charge in [0.2, 0.25) is 0 Å². The molecule has 0 aromatic heterocycles. The fraction of sp³-hybridized carbons (Fsp3) is 0.0500. The largest absolute Gasteiger partial charge is 0.277 e. The Hall–Kier alpha value is -2.39. The number of nitrogens with zero attached hydrogens (tertiary/aromatic N) is 1. The maximum Gasteiger partial charge on any atom is 0.0723 e. The number of hydrogen-bond acceptors (Lipinski definition) is 2. The molecule has 1 N–H and O–H groups in total. The van der Waals surface area contributed by atoms with Gasteiger partial charge in [-0.2, -0.15) is 5.10 Å². The summed E-state index contributed by atoms with van der Waals surface area (Å²) in [6.07, 6.45) is 0.780.